The van der Waals surface area contributed by atoms with E-state index in [0.717, 1.165) is 25.5 Å². The maximum atomic E-state index is 13.4. The molecule has 1 aromatic rings. The molecular weight excluding hydrogens is 257 g/mol. The summed E-state index contributed by atoms with van der Waals surface area (Å²) in [6.45, 7) is 6.80. The molecule has 0 aliphatic rings. The van der Waals surface area contributed by atoms with Crippen molar-refractivity contribution in [1.29, 1.82) is 0 Å². The summed E-state index contributed by atoms with van der Waals surface area (Å²) in [5.74, 6) is -0.228. The monoisotopic (exact) mass is 281 g/mol. The lowest BCUT2D eigenvalue weighted by Crippen LogP contribution is -2.36. The van der Waals surface area contributed by atoms with E-state index in [1.807, 2.05) is 20.8 Å². The van der Waals surface area contributed by atoms with Crippen molar-refractivity contribution in [3.05, 3.63) is 23.6 Å². The number of pyridine rings is 1. The molecule has 0 aliphatic heterocycles. The molecule has 1 rings (SSSR count). The number of aromatic nitrogens is 1. The fraction of sp³-hybridized carbons (Fsp3) is 0.600. The van der Waals surface area contributed by atoms with Crippen molar-refractivity contribution in [3.8, 4) is 0 Å². The van der Waals surface area contributed by atoms with Crippen LogP contribution >= 0.6 is 0 Å². The number of nitrogens with one attached hydrogen (secondary N) is 1. The van der Waals surface area contributed by atoms with Gasteiger partial charge in [-0.1, -0.05) is 20.8 Å². The summed E-state index contributed by atoms with van der Waals surface area (Å²) in [6, 6.07) is 1.41. The van der Waals surface area contributed by atoms with Crippen LogP contribution in [0.5, 0.6) is 0 Å². The maximum absolute atomic E-state index is 13.4. The van der Waals surface area contributed by atoms with Gasteiger partial charge in [0.25, 0.3) is 5.91 Å². The molecule has 0 radical (unpaired) electrons. The average Bonchev–Trinajstić information content (AvgIpc) is 2.46. The van der Waals surface area contributed by atoms with E-state index < -0.39 is 5.82 Å². The molecular formula is C15H24FN3O. The Morgan fingerprint density at radius 1 is 1.40 bits per heavy atom. The first-order chi connectivity index (χ1) is 9.54. The van der Waals surface area contributed by atoms with Gasteiger partial charge in [0.1, 0.15) is 11.6 Å². The molecule has 1 N–H and O–H groups in total. The minimum atomic E-state index is -0.492. The second kappa shape index (κ2) is 7.82. The number of anilines is 1. The van der Waals surface area contributed by atoms with Crippen LogP contribution in [0.3, 0.4) is 0 Å². The van der Waals surface area contributed by atoms with E-state index in [4.69, 9.17) is 0 Å². The highest BCUT2D eigenvalue weighted by Gasteiger charge is 2.22. The molecule has 0 unspecified atom stereocenters. The van der Waals surface area contributed by atoms with E-state index in [9.17, 15) is 9.18 Å². The van der Waals surface area contributed by atoms with Crippen LogP contribution in [0.4, 0.5) is 10.2 Å². The Morgan fingerprint density at radius 2 is 2.05 bits per heavy atom. The largest absolute Gasteiger partial charge is 0.369 e. The Hall–Kier alpha value is -1.65. The summed E-state index contributed by atoms with van der Waals surface area (Å²) in [7, 11) is 1.76. The van der Waals surface area contributed by atoms with Gasteiger partial charge < -0.3 is 10.2 Å². The lowest BCUT2D eigenvalue weighted by atomic mass is 10.1. The van der Waals surface area contributed by atoms with Crippen molar-refractivity contribution in [2.45, 2.75) is 46.1 Å². The Balaban J connectivity index is 3.03. The van der Waals surface area contributed by atoms with Gasteiger partial charge in [-0.2, -0.15) is 0 Å². The van der Waals surface area contributed by atoms with Gasteiger partial charge in [0, 0.05) is 19.6 Å². The van der Waals surface area contributed by atoms with Gasteiger partial charge in [-0.25, -0.2) is 9.37 Å². The van der Waals surface area contributed by atoms with E-state index in [1.165, 1.54) is 6.07 Å². The Morgan fingerprint density at radius 3 is 2.60 bits per heavy atom. The van der Waals surface area contributed by atoms with Crippen LogP contribution < -0.4 is 5.32 Å². The number of hydrogen-bond acceptors (Lipinski definition) is 3. The zero-order valence-electron chi connectivity index (χ0n) is 12.7. The summed E-state index contributed by atoms with van der Waals surface area (Å²) in [5.41, 5.74) is 0.299. The second-order valence-corrected chi connectivity index (χ2v) is 4.86. The Kier molecular flexibility index (Phi) is 6.42. The van der Waals surface area contributed by atoms with Crippen molar-refractivity contribution in [2.75, 3.05) is 18.9 Å². The highest BCUT2D eigenvalue weighted by molar-refractivity contribution is 5.98. The number of halogens is 1. The van der Waals surface area contributed by atoms with Crippen LogP contribution in [0.15, 0.2) is 12.3 Å². The van der Waals surface area contributed by atoms with E-state index in [2.05, 4.69) is 10.3 Å². The number of amides is 1. The van der Waals surface area contributed by atoms with Crippen LogP contribution in [-0.4, -0.2) is 35.4 Å². The van der Waals surface area contributed by atoms with E-state index in [-0.39, 0.29) is 11.9 Å². The maximum Gasteiger partial charge on any atom is 0.257 e. The minimum absolute atomic E-state index is 0.157. The van der Waals surface area contributed by atoms with Gasteiger partial charge in [-0.15, -0.1) is 0 Å². The van der Waals surface area contributed by atoms with Gasteiger partial charge in [-0.05, 0) is 25.3 Å². The third-order valence-electron chi connectivity index (χ3n) is 3.44. The fourth-order valence-corrected chi connectivity index (χ4v) is 2.18. The average molecular weight is 281 g/mol. The molecule has 20 heavy (non-hydrogen) atoms. The molecule has 1 heterocycles. The number of carbonyl (C=O) groups is 1. The lowest BCUT2D eigenvalue weighted by Gasteiger charge is -2.27. The standard InChI is InChI=1S/C15H24FN3O/c1-5-8-17-14-13(9-11(16)10-18-14)15(20)19(4)12(6-2)7-3/h9-10,12H,5-8H2,1-4H3,(H,17,18). The fourth-order valence-electron chi connectivity index (χ4n) is 2.18. The lowest BCUT2D eigenvalue weighted by molar-refractivity contribution is 0.0724. The number of nitrogens with zero attached hydrogens (tertiary/aromatic N) is 2. The molecule has 0 bridgehead atoms. The third-order valence-corrected chi connectivity index (χ3v) is 3.44. The molecule has 1 aromatic heterocycles. The van der Waals surface area contributed by atoms with Gasteiger partial charge in [0.15, 0.2) is 0 Å². The number of carbonyl (C=O) groups excluding carboxylic acids is 1. The van der Waals surface area contributed by atoms with Crippen LogP contribution in [0.2, 0.25) is 0 Å². The highest BCUT2D eigenvalue weighted by Crippen LogP contribution is 2.18. The smallest absolute Gasteiger partial charge is 0.257 e. The first-order valence-electron chi connectivity index (χ1n) is 7.21. The van der Waals surface area contributed by atoms with Crippen molar-refractivity contribution in [1.82, 2.24) is 9.88 Å². The normalized spacial score (nSPS) is 10.7. The molecule has 0 spiro atoms. The zero-order chi connectivity index (χ0) is 15.1. The molecule has 0 saturated heterocycles. The van der Waals surface area contributed by atoms with Crippen LogP contribution in [0, 0.1) is 5.82 Å². The molecule has 0 saturated carbocycles. The summed E-state index contributed by atoms with van der Waals surface area (Å²) in [4.78, 5) is 18.2. The topological polar surface area (TPSA) is 45.2 Å². The third kappa shape index (κ3) is 3.92. The molecule has 0 fully saturated rings. The molecule has 4 nitrogen and oxygen atoms in total. The number of rotatable bonds is 7. The van der Waals surface area contributed by atoms with Crippen LogP contribution in [0.25, 0.3) is 0 Å². The van der Waals surface area contributed by atoms with Crippen molar-refractivity contribution in [2.24, 2.45) is 0 Å². The summed E-state index contributed by atoms with van der Waals surface area (Å²) < 4.78 is 13.4. The molecule has 0 aromatic carbocycles. The Bertz CT molecular complexity index is 447. The minimum Gasteiger partial charge on any atom is -0.369 e. The van der Waals surface area contributed by atoms with Crippen molar-refractivity contribution < 1.29 is 9.18 Å². The number of hydrogen-bond donors (Lipinski definition) is 1. The van der Waals surface area contributed by atoms with E-state index in [1.54, 1.807) is 11.9 Å². The first kappa shape index (κ1) is 16.4. The van der Waals surface area contributed by atoms with Crippen molar-refractivity contribution in [3.63, 3.8) is 0 Å². The first-order valence-corrected chi connectivity index (χ1v) is 7.21. The molecule has 112 valence electrons. The van der Waals surface area contributed by atoms with E-state index in [0.29, 0.717) is 17.9 Å². The second-order valence-electron chi connectivity index (χ2n) is 4.86. The summed E-state index contributed by atoms with van der Waals surface area (Å²) in [5, 5.41) is 3.08. The quantitative estimate of drug-likeness (QED) is 0.834. The molecule has 5 heteroatoms. The molecule has 0 atom stereocenters. The highest BCUT2D eigenvalue weighted by atomic mass is 19.1. The molecule has 1 amide bonds. The van der Waals surface area contributed by atoms with Crippen LogP contribution in [-0.2, 0) is 0 Å². The van der Waals surface area contributed by atoms with Crippen molar-refractivity contribution >= 4 is 11.7 Å². The van der Waals surface area contributed by atoms with Gasteiger partial charge in [0.05, 0.1) is 11.8 Å². The SMILES string of the molecule is CCCNc1ncc(F)cc1C(=O)N(C)C(CC)CC. The van der Waals surface area contributed by atoms with E-state index >= 15 is 0 Å². The van der Waals surface area contributed by atoms with Gasteiger partial charge in [0.2, 0.25) is 0 Å². The zero-order valence-corrected chi connectivity index (χ0v) is 12.7. The molecule has 0 aliphatic carbocycles. The predicted octanol–water partition coefficient (Wildman–Crippen LogP) is 3.30. The summed E-state index contributed by atoms with van der Waals surface area (Å²) in [6.07, 6.45) is 3.79. The predicted molar refractivity (Wildman–Crippen MR) is 79.4 cm³/mol. The van der Waals surface area contributed by atoms with Gasteiger partial charge >= 0.3 is 0 Å². The Labute approximate surface area is 120 Å². The van der Waals surface area contributed by atoms with Gasteiger partial charge in [-0.3, -0.25) is 4.79 Å². The van der Waals surface area contributed by atoms with Crippen LogP contribution in [0.1, 0.15) is 50.4 Å². The summed E-state index contributed by atoms with van der Waals surface area (Å²) >= 11 is 0.